The van der Waals surface area contributed by atoms with Gasteiger partial charge in [-0.2, -0.15) is 0 Å². The Morgan fingerprint density at radius 3 is 2.76 bits per heavy atom. The zero-order valence-electron chi connectivity index (χ0n) is 12.6. The SMILES string of the molecule is COCC(C)CNC(=O)c1cc(C=CC(=O)O)ccc1C. The second kappa shape index (κ2) is 8.21. The van der Waals surface area contributed by atoms with Gasteiger partial charge >= 0.3 is 5.97 Å². The van der Waals surface area contributed by atoms with Gasteiger partial charge in [0.05, 0.1) is 6.61 Å². The highest BCUT2D eigenvalue weighted by atomic mass is 16.5. The van der Waals surface area contributed by atoms with Crippen molar-refractivity contribution >= 4 is 18.0 Å². The first kappa shape index (κ1) is 16.9. The highest BCUT2D eigenvalue weighted by molar-refractivity contribution is 5.96. The molecule has 0 bridgehead atoms. The third-order valence-corrected chi connectivity index (χ3v) is 2.99. The Hall–Kier alpha value is -2.14. The van der Waals surface area contributed by atoms with Crippen LogP contribution in [0.5, 0.6) is 0 Å². The van der Waals surface area contributed by atoms with Crippen LogP contribution in [0.25, 0.3) is 6.08 Å². The normalized spacial score (nSPS) is 12.3. The summed E-state index contributed by atoms with van der Waals surface area (Å²) < 4.78 is 5.02. The number of carboxylic acid groups (broad SMARTS) is 1. The van der Waals surface area contributed by atoms with Gasteiger partial charge in [-0.25, -0.2) is 4.79 Å². The number of aryl methyl sites for hydroxylation is 1. The van der Waals surface area contributed by atoms with E-state index in [1.807, 2.05) is 13.8 Å². The molecule has 1 unspecified atom stereocenters. The second-order valence-electron chi connectivity index (χ2n) is 5.02. The highest BCUT2D eigenvalue weighted by Gasteiger charge is 2.10. The summed E-state index contributed by atoms with van der Waals surface area (Å²) in [6.07, 6.45) is 2.51. The zero-order chi connectivity index (χ0) is 15.8. The van der Waals surface area contributed by atoms with Crippen LogP contribution in [0.3, 0.4) is 0 Å². The predicted molar refractivity (Wildman–Crippen MR) is 81.2 cm³/mol. The summed E-state index contributed by atoms with van der Waals surface area (Å²) in [6.45, 7) is 4.95. The van der Waals surface area contributed by atoms with E-state index >= 15 is 0 Å². The van der Waals surface area contributed by atoms with E-state index in [1.54, 1.807) is 25.3 Å². The van der Waals surface area contributed by atoms with Crippen molar-refractivity contribution in [3.63, 3.8) is 0 Å². The van der Waals surface area contributed by atoms with Crippen LogP contribution in [0.4, 0.5) is 0 Å². The molecule has 1 rings (SSSR count). The molecule has 0 saturated carbocycles. The van der Waals surface area contributed by atoms with Gasteiger partial charge in [-0.1, -0.05) is 19.1 Å². The molecule has 0 heterocycles. The van der Waals surface area contributed by atoms with Crippen molar-refractivity contribution in [1.82, 2.24) is 5.32 Å². The standard InChI is InChI=1S/C16H21NO4/c1-11(10-21-3)9-17-16(20)14-8-13(5-4-12(14)2)6-7-15(18)19/h4-8,11H,9-10H2,1-3H3,(H,17,20)(H,18,19). The fourth-order valence-corrected chi connectivity index (χ4v) is 1.86. The Morgan fingerprint density at radius 1 is 1.43 bits per heavy atom. The lowest BCUT2D eigenvalue weighted by atomic mass is 10.0. The number of hydrogen-bond acceptors (Lipinski definition) is 3. The molecule has 0 aliphatic carbocycles. The van der Waals surface area contributed by atoms with Gasteiger partial charge in [0.1, 0.15) is 0 Å². The fourth-order valence-electron chi connectivity index (χ4n) is 1.86. The van der Waals surface area contributed by atoms with Crippen molar-refractivity contribution in [2.75, 3.05) is 20.3 Å². The lowest BCUT2D eigenvalue weighted by Gasteiger charge is -2.13. The Balaban J connectivity index is 2.78. The maximum Gasteiger partial charge on any atom is 0.328 e. The summed E-state index contributed by atoms with van der Waals surface area (Å²) in [5.74, 6) is -0.953. The van der Waals surface area contributed by atoms with Crippen LogP contribution in [-0.4, -0.2) is 37.2 Å². The quantitative estimate of drug-likeness (QED) is 0.754. The van der Waals surface area contributed by atoms with Gasteiger partial charge in [-0.3, -0.25) is 4.79 Å². The molecule has 0 saturated heterocycles. The molecular formula is C16H21NO4. The van der Waals surface area contributed by atoms with Gasteiger partial charge in [0.25, 0.3) is 5.91 Å². The maximum atomic E-state index is 12.2. The van der Waals surface area contributed by atoms with Crippen LogP contribution in [0, 0.1) is 12.8 Å². The van der Waals surface area contributed by atoms with Crippen LogP contribution in [-0.2, 0) is 9.53 Å². The van der Waals surface area contributed by atoms with Crippen LogP contribution in [0.1, 0.15) is 28.4 Å². The summed E-state index contributed by atoms with van der Waals surface area (Å²) in [5.41, 5.74) is 2.07. The average Bonchev–Trinajstić information content (AvgIpc) is 2.44. The lowest BCUT2D eigenvalue weighted by molar-refractivity contribution is -0.131. The number of methoxy groups -OCH3 is 1. The third-order valence-electron chi connectivity index (χ3n) is 2.99. The number of carbonyl (C=O) groups excluding carboxylic acids is 1. The number of aliphatic carboxylic acids is 1. The second-order valence-corrected chi connectivity index (χ2v) is 5.02. The van der Waals surface area contributed by atoms with Gasteiger partial charge in [-0.15, -0.1) is 0 Å². The van der Waals surface area contributed by atoms with Crippen LogP contribution < -0.4 is 5.32 Å². The monoisotopic (exact) mass is 291 g/mol. The molecule has 1 amide bonds. The molecule has 1 aromatic rings. The van der Waals surface area contributed by atoms with E-state index < -0.39 is 5.97 Å². The minimum absolute atomic E-state index is 0.166. The number of carboxylic acids is 1. The molecular weight excluding hydrogens is 270 g/mol. The molecule has 1 aromatic carbocycles. The smallest absolute Gasteiger partial charge is 0.328 e. The molecule has 0 spiro atoms. The van der Waals surface area contributed by atoms with Crippen molar-refractivity contribution in [2.45, 2.75) is 13.8 Å². The first-order chi connectivity index (χ1) is 9.93. The molecule has 0 fully saturated rings. The van der Waals surface area contributed by atoms with E-state index in [1.165, 1.54) is 6.08 Å². The van der Waals surface area contributed by atoms with Crippen molar-refractivity contribution in [2.24, 2.45) is 5.92 Å². The molecule has 5 heteroatoms. The van der Waals surface area contributed by atoms with Gasteiger partial charge in [0.15, 0.2) is 0 Å². The minimum atomic E-state index is -1.02. The molecule has 114 valence electrons. The number of hydrogen-bond donors (Lipinski definition) is 2. The first-order valence-electron chi connectivity index (χ1n) is 6.72. The summed E-state index contributed by atoms with van der Waals surface area (Å²) in [7, 11) is 1.63. The van der Waals surface area contributed by atoms with Crippen molar-refractivity contribution in [1.29, 1.82) is 0 Å². The molecule has 0 aliphatic rings. The van der Waals surface area contributed by atoms with Crippen molar-refractivity contribution in [3.05, 3.63) is 41.0 Å². The minimum Gasteiger partial charge on any atom is -0.478 e. The van der Waals surface area contributed by atoms with E-state index in [9.17, 15) is 9.59 Å². The summed E-state index contributed by atoms with van der Waals surface area (Å²) >= 11 is 0. The van der Waals surface area contributed by atoms with Gasteiger partial charge in [0, 0.05) is 25.3 Å². The van der Waals surface area contributed by atoms with Crippen molar-refractivity contribution in [3.8, 4) is 0 Å². The number of carbonyl (C=O) groups is 2. The van der Waals surface area contributed by atoms with Crippen LogP contribution in [0.15, 0.2) is 24.3 Å². The molecule has 0 radical (unpaired) electrons. The molecule has 0 aromatic heterocycles. The number of nitrogens with one attached hydrogen (secondary N) is 1. The highest BCUT2D eigenvalue weighted by Crippen LogP contribution is 2.13. The van der Waals surface area contributed by atoms with E-state index in [-0.39, 0.29) is 11.8 Å². The van der Waals surface area contributed by atoms with Gasteiger partial charge in [0.2, 0.25) is 0 Å². The lowest BCUT2D eigenvalue weighted by Crippen LogP contribution is -2.30. The Bertz CT molecular complexity index is 537. The Labute approximate surface area is 124 Å². The van der Waals surface area contributed by atoms with Crippen LogP contribution >= 0.6 is 0 Å². The molecule has 5 nitrogen and oxygen atoms in total. The number of ether oxygens (including phenoxy) is 1. The average molecular weight is 291 g/mol. The predicted octanol–water partition coefficient (Wildman–Crippen LogP) is 2.11. The summed E-state index contributed by atoms with van der Waals surface area (Å²) in [6, 6.07) is 5.26. The molecule has 1 atom stereocenters. The molecule has 2 N–H and O–H groups in total. The Kier molecular flexibility index (Phi) is 6.62. The number of amides is 1. The topological polar surface area (TPSA) is 75.6 Å². The third kappa shape index (κ3) is 5.79. The Morgan fingerprint density at radius 2 is 2.14 bits per heavy atom. The zero-order valence-corrected chi connectivity index (χ0v) is 12.6. The molecule has 21 heavy (non-hydrogen) atoms. The fraction of sp³-hybridized carbons (Fsp3) is 0.375. The summed E-state index contributed by atoms with van der Waals surface area (Å²) in [5, 5.41) is 11.5. The van der Waals surface area contributed by atoms with Gasteiger partial charge < -0.3 is 15.2 Å². The van der Waals surface area contributed by atoms with E-state index in [0.717, 1.165) is 11.6 Å². The van der Waals surface area contributed by atoms with Crippen LogP contribution in [0.2, 0.25) is 0 Å². The van der Waals surface area contributed by atoms with E-state index in [4.69, 9.17) is 9.84 Å². The number of benzene rings is 1. The first-order valence-corrected chi connectivity index (χ1v) is 6.72. The number of rotatable bonds is 7. The largest absolute Gasteiger partial charge is 0.478 e. The van der Waals surface area contributed by atoms with E-state index in [0.29, 0.717) is 24.3 Å². The van der Waals surface area contributed by atoms with Gasteiger partial charge in [-0.05, 0) is 36.1 Å². The molecule has 0 aliphatic heterocycles. The van der Waals surface area contributed by atoms with E-state index in [2.05, 4.69) is 5.32 Å². The summed E-state index contributed by atoms with van der Waals surface area (Å²) in [4.78, 5) is 22.7. The maximum absolute atomic E-state index is 12.2. The van der Waals surface area contributed by atoms with Crippen molar-refractivity contribution < 1.29 is 19.4 Å².